The minimum atomic E-state index is 0.0191. The Kier molecular flexibility index (Phi) is 3.24. The highest BCUT2D eigenvalue weighted by molar-refractivity contribution is 5.74. The van der Waals surface area contributed by atoms with E-state index in [1.165, 1.54) is 12.8 Å². The number of rotatable bonds is 2. The maximum atomic E-state index is 11.5. The molecule has 2 aliphatic rings. The summed E-state index contributed by atoms with van der Waals surface area (Å²) in [7, 11) is 0. The summed E-state index contributed by atoms with van der Waals surface area (Å²) in [5.41, 5.74) is 0. The number of urea groups is 1. The summed E-state index contributed by atoms with van der Waals surface area (Å²) in [5, 5.41) is 9.25. The van der Waals surface area contributed by atoms with Crippen LogP contribution in [0.4, 0.5) is 4.79 Å². The average molecular weight is 197 g/mol. The van der Waals surface area contributed by atoms with Crippen molar-refractivity contribution in [1.82, 2.24) is 16.0 Å². The van der Waals surface area contributed by atoms with Crippen molar-refractivity contribution in [1.29, 1.82) is 0 Å². The first-order valence-corrected chi connectivity index (χ1v) is 5.62. The van der Waals surface area contributed by atoms with Crippen LogP contribution in [-0.2, 0) is 0 Å². The fourth-order valence-electron chi connectivity index (χ4n) is 2.26. The molecule has 0 unspecified atom stereocenters. The van der Waals surface area contributed by atoms with Gasteiger partial charge in [-0.3, -0.25) is 0 Å². The van der Waals surface area contributed by atoms with Crippen LogP contribution in [0.3, 0.4) is 0 Å². The van der Waals surface area contributed by atoms with E-state index >= 15 is 0 Å². The second-order valence-corrected chi connectivity index (χ2v) is 4.29. The Morgan fingerprint density at radius 2 is 1.79 bits per heavy atom. The fourth-order valence-corrected chi connectivity index (χ4v) is 2.26. The van der Waals surface area contributed by atoms with Crippen LogP contribution < -0.4 is 16.0 Å². The van der Waals surface area contributed by atoms with E-state index in [1.54, 1.807) is 0 Å². The van der Waals surface area contributed by atoms with Gasteiger partial charge >= 0.3 is 6.03 Å². The third kappa shape index (κ3) is 2.61. The Morgan fingerprint density at radius 1 is 1.07 bits per heavy atom. The highest BCUT2D eigenvalue weighted by Gasteiger charge is 2.20. The predicted octanol–water partition coefficient (Wildman–Crippen LogP) is 0.590. The van der Waals surface area contributed by atoms with Crippen molar-refractivity contribution in [3.63, 3.8) is 0 Å². The predicted molar refractivity (Wildman–Crippen MR) is 55.2 cm³/mol. The maximum Gasteiger partial charge on any atom is 0.315 e. The Balaban J connectivity index is 1.66. The summed E-state index contributed by atoms with van der Waals surface area (Å²) in [5.74, 6) is 0. The van der Waals surface area contributed by atoms with Gasteiger partial charge in [-0.1, -0.05) is 12.8 Å². The maximum absolute atomic E-state index is 11.5. The van der Waals surface area contributed by atoms with Crippen LogP contribution in [0.1, 0.15) is 32.1 Å². The fraction of sp³-hybridized carbons (Fsp3) is 0.900. The summed E-state index contributed by atoms with van der Waals surface area (Å²) in [6.07, 6.45) is 5.87. The first kappa shape index (κ1) is 9.77. The van der Waals surface area contributed by atoms with E-state index in [2.05, 4.69) is 16.0 Å². The molecule has 1 heterocycles. The van der Waals surface area contributed by atoms with E-state index in [-0.39, 0.29) is 6.03 Å². The van der Waals surface area contributed by atoms with Crippen molar-refractivity contribution in [2.75, 3.05) is 13.1 Å². The van der Waals surface area contributed by atoms with E-state index in [1.807, 2.05) is 0 Å². The van der Waals surface area contributed by atoms with Crippen molar-refractivity contribution >= 4 is 6.03 Å². The summed E-state index contributed by atoms with van der Waals surface area (Å²) < 4.78 is 0. The van der Waals surface area contributed by atoms with Crippen molar-refractivity contribution in [3.05, 3.63) is 0 Å². The molecular formula is C10H19N3O. The highest BCUT2D eigenvalue weighted by atomic mass is 16.2. The van der Waals surface area contributed by atoms with Crippen molar-refractivity contribution in [2.24, 2.45) is 0 Å². The van der Waals surface area contributed by atoms with Gasteiger partial charge in [-0.2, -0.15) is 0 Å². The molecule has 14 heavy (non-hydrogen) atoms. The average Bonchev–Trinajstić information content (AvgIpc) is 2.76. The molecular weight excluding hydrogens is 178 g/mol. The van der Waals surface area contributed by atoms with E-state index in [4.69, 9.17) is 0 Å². The second-order valence-electron chi connectivity index (χ2n) is 4.29. The Labute approximate surface area is 84.8 Å². The molecule has 2 amide bonds. The number of amides is 2. The molecule has 0 radical (unpaired) electrons. The molecule has 1 saturated heterocycles. The first-order valence-electron chi connectivity index (χ1n) is 5.62. The molecule has 1 aliphatic carbocycles. The molecule has 1 atom stereocenters. The molecule has 0 spiro atoms. The number of hydrogen-bond donors (Lipinski definition) is 3. The van der Waals surface area contributed by atoms with Crippen molar-refractivity contribution in [3.8, 4) is 0 Å². The molecule has 0 aromatic rings. The van der Waals surface area contributed by atoms with Gasteiger partial charge in [0.2, 0.25) is 0 Å². The van der Waals surface area contributed by atoms with Gasteiger partial charge in [-0.15, -0.1) is 0 Å². The zero-order valence-corrected chi connectivity index (χ0v) is 8.51. The lowest BCUT2D eigenvalue weighted by Gasteiger charge is -2.16. The monoisotopic (exact) mass is 197 g/mol. The van der Waals surface area contributed by atoms with Crippen molar-refractivity contribution in [2.45, 2.75) is 44.2 Å². The number of carbonyl (C=O) groups excluding carboxylic acids is 1. The van der Waals surface area contributed by atoms with E-state index in [9.17, 15) is 4.79 Å². The van der Waals surface area contributed by atoms with E-state index < -0.39 is 0 Å². The third-order valence-corrected chi connectivity index (χ3v) is 3.09. The van der Waals surface area contributed by atoms with Gasteiger partial charge in [0.25, 0.3) is 0 Å². The SMILES string of the molecule is O=C(NC1CCCC1)N[C@@H]1CCNC1. The smallest absolute Gasteiger partial charge is 0.315 e. The topological polar surface area (TPSA) is 53.2 Å². The van der Waals surface area contributed by atoms with Crippen LogP contribution in [0, 0.1) is 0 Å². The van der Waals surface area contributed by atoms with Crippen LogP contribution >= 0.6 is 0 Å². The zero-order chi connectivity index (χ0) is 9.80. The van der Waals surface area contributed by atoms with Crippen LogP contribution in [0.2, 0.25) is 0 Å². The van der Waals surface area contributed by atoms with Crippen LogP contribution in [-0.4, -0.2) is 31.2 Å². The Hall–Kier alpha value is -0.770. The van der Waals surface area contributed by atoms with Gasteiger partial charge < -0.3 is 16.0 Å². The van der Waals surface area contributed by atoms with Crippen LogP contribution in [0.25, 0.3) is 0 Å². The molecule has 1 aliphatic heterocycles. The minimum Gasteiger partial charge on any atom is -0.335 e. The second kappa shape index (κ2) is 4.64. The Morgan fingerprint density at radius 3 is 2.43 bits per heavy atom. The molecule has 80 valence electrons. The molecule has 3 N–H and O–H groups in total. The van der Waals surface area contributed by atoms with Gasteiger partial charge in [-0.25, -0.2) is 4.79 Å². The van der Waals surface area contributed by atoms with Crippen LogP contribution in [0.15, 0.2) is 0 Å². The molecule has 0 aromatic carbocycles. The van der Waals surface area contributed by atoms with Crippen LogP contribution in [0.5, 0.6) is 0 Å². The van der Waals surface area contributed by atoms with Gasteiger partial charge in [0, 0.05) is 18.6 Å². The Bertz CT molecular complexity index is 176. The highest BCUT2D eigenvalue weighted by Crippen LogP contribution is 2.17. The minimum absolute atomic E-state index is 0.0191. The molecule has 1 saturated carbocycles. The lowest BCUT2D eigenvalue weighted by molar-refractivity contribution is 0.234. The van der Waals surface area contributed by atoms with E-state index in [0.29, 0.717) is 12.1 Å². The summed E-state index contributed by atoms with van der Waals surface area (Å²) in [4.78, 5) is 11.5. The lowest BCUT2D eigenvalue weighted by atomic mass is 10.2. The van der Waals surface area contributed by atoms with Gasteiger partial charge in [0.1, 0.15) is 0 Å². The molecule has 0 bridgehead atoms. The third-order valence-electron chi connectivity index (χ3n) is 3.09. The molecule has 0 aromatic heterocycles. The van der Waals surface area contributed by atoms with E-state index in [0.717, 1.165) is 32.4 Å². The zero-order valence-electron chi connectivity index (χ0n) is 8.51. The van der Waals surface area contributed by atoms with Crippen molar-refractivity contribution < 1.29 is 4.79 Å². The molecule has 4 heteroatoms. The quantitative estimate of drug-likeness (QED) is 0.607. The normalized spacial score (nSPS) is 27.9. The number of nitrogens with one attached hydrogen (secondary N) is 3. The summed E-state index contributed by atoms with van der Waals surface area (Å²) in [6, 6.07) is 0.770. The number of hydrogen-bond acceptors (Lipinski definition) is 2. The van der Waals surface area contributed by atoms with Gasteiger partial charge in [0.15, 0.2) is 0 Å². The van der Waals surface area contributed by atoms with Gasteiger partial charge in [-0.05, 0) is 25.8 Å². The standard InChI is InChI=1S/C10H19N3O/c14-10(12-8-3-1-2-4-8)13-9-5-6-11-7-9/h8-9,11H,1-7H2,(H2,12,13,14)/t9-/m1/s1. The largest absolute Gasteiger partial charge is 0.335 e. The molecule has 4 nitrogen and oxygen atoms in total. The summed E-state index contributed by atoms with van der Waals surface area (Å²) in [6.45, 7) is 1.94. The summed E-state index contributed by atoms with van der Waals surface area (Å²) >= 11 is 0. The van der Waals surface area contributed by atoms with Gasteiger partial charge in [0.05, 0.1) is 0 Å². The lowest BCUT2D eigenvalue weighted by Crippen LogP contribution is -2.46. The molecule has 2 fully saturated rings. The molecule has 2 rings (SSSR count). The number of carbonyl (C=O) groups is 1. The first-order chi connectivity index (χ1) is 6.84.